The standard InChI is InChI=1S/C13H27NO2/c1-12(2)11-15-9-4-7-14-8-6-13-5-3-10-16-13/h12-14H,3-11H2,1-2H3. The zero-order chi connectivity index (χ0) is 11.6. The summed E-state index contributed by atoms with van der Waals surface area (Å²) in [5, 5.41) is 3.44. The van der Waals surface area contributed by atoms with Crippen molar-refractivity contribution in [2.75, 3.05) is 32.9 Å². The van der Waals surface area contributed by atoms with Crippen molar-refractivity contribution in [3.8, 4) is 0 Å². The van der Waals surface area contributed by atoms with Gasteiger partial charge in [-0.2, -0.15) is 0 Å². The van der Waals surface area contributed by atoms with E-state index in [0.717, 1.165) is 45.8 Å². The van der Waals surface area contributed by atoms with Crippen molar-refractivity contribution in [2.45, 2.75) is 45.6 Å². The van der Waals surface area contributed by atoms with Crippen LogP contribution in [0.25, 0.3) is 0 Å². The fourth-order valence-corrected chi connectivity index (χ4v) is 1.88. The lowest BCUT2D eigenvalue weighted by Crippen LogP contribution is -2.22. The topological polar surface area (TPSA) is 30.5 Å². The second kappa shape index (κ2) is 8.97. The van der Waals surface area contributed by atoms with Crippen molar-refractivity contribution >= 4 is 0 Å². The van der Waals surface area contributed by atoms with E-state index in [1.165, 1.54) is 12.8 Å². The SMILES string of the molecule is CC(C)COCCCNCCC1CCCO1. The van der Waals surface area contributed by atoms with Gasteiger partial charge in [0.15, 0.2) is 0 Å². The largest absolute Gasteiger partial charge is 0.381 e. The molecule has 0 spiro atoms. The summed E-state index contributed by atoms with van der Waals surface area (Å²) in [6.45, 7) is 9.23. The molecule has 1 heterocycles. The van der Waals surface area contributed by atoms with Gasteiger partial charge in [0.25, 0.3) is 0 Å². The van der Waals surface area contributed by atoms with Gasteiger partial charge in [-0.05, 0) is 44.7 Å². The van der Waals surface area contributed by atoms with Gasteiger partial charge in [0.1, 0.15) is 0 Å². The molecule has 1 aliphatic rings. The van der Waals surface area contributed by atoms with Crippen molar-refractivity contribution in [1.29, 1.82) is 0 Å². The lowest BCUT2D eigenvalue weighted by molar-refractivity contribution is 0.101. The van der Waals surface area contributed by atoms with Crippen LogP contribution in [0.3, 0.4) is 0 Å². The van der Waals surface area contributed by atoms with Crippen LogP contribution in [0.4, 0.5) is 0 Å². The Bertz CT molecular complexity index is 156. The van der Waals surface area contributed by atoms with Crippen LogP contribution in [-0.2, 0) is 9.47 Å². The fraction of sp³-hybridized carbons (Fsp3) is 1.00. The summed E-state index contributed by atoms with van der Waals surface area (Å²) in [7, 11) is 0. The molecule has 0 aromatic heterocycles. The zero-order valence-corrected chi connectivity index (χ0v) is 10.8. The second-order valence-corrected chi connectivity index (χ2v) is 5.00. The minimum absolute atomic E-state index is 0.518. The molecular weight excluding hydrogens is 202 g/mol. The normalized spacial score (nSPS) is 20.8. The Morgan fingerprint density at radius 2 is 2.25 bits per heavy atom. The second-order valence-electron chi connectivity index (χ2n) is 5.00. The van der Waals surface area contributed by atoms with Crippen LogP contribution in [0, 0.1) is 5.92 Å². The van der Waals surface area contributed by atoms with Crippen molar-refractivity contribution < 1.29 is 9.47 Å². The molecule has 16 heavy (non-hydrogen) atoms. The average Bonchev–Trinajstić information content (AvgIpc) is 2.74. The van der Waals surface area contributed by atoms with Crippen LogP contribution in [0.2, 0.25) is 0 Å². The van der Waals surface area contributed by atoms with Gasteiger partial charge >= 0.3 is 0 Å². The molecule has 1 unspecified atom stereocenters. The molecular formula is C13H27NO2. The summed E-state index contributed by atoms with van der Waals surface area (Å²) in [6.07, 6.45) is 5.28. The molecule has 0 aromatic carbocycles. The van der Waals surface area contributed by atoms with E-state index in [2.05, 4.69) is 19.2 Å². The summed E-state index contributed by atoms with van der Waals surface area (Å²) >= 11 is 0. The van der Waals surface area contributed by atoms with E-state index in [1.807, 2.05) is 0 Å². The first kappa shape index (κ1) is 13.9. The minimum atomic E-state index is 0.518. The van der Waals surface area contributed by atoms with Gasteiger partial charge < -0.3 is 14.8 Å². The predicted molar refractivity (Wildman–Crippen MR) is 66.7 cm³/mol. The highest BCUT2D eigenvalue weighted by atomic mass is 16.5. The molecule has 0 amide bonds. The van der Waals surface area contributed by atoms with Gasteiger partial charge in [-0.15, -0.1) is 0 Å². The van der Waals surface area contributed by atoms with Crippen LogP contribution < -0.4 is 5.32 Å². The molecule has 1 atom stereocenters. The molecule has 1 N–H and O–H groups in total. The number of rotatable bonds is 9. The summed E-state index contributed by atoms with van der Waals surface area (Å²) in [4.78, 5) is 0. The van der Waals surface area contributed by atoms with E-state index in [1.54, 1.807) is 0 Å². The van der Waals surface area contributed by atoms with Crippen molar-refractivity contribution in [3.63, 3.8) is 0 Å². The molecule has 3 nitrogen and oxygen atoms in total. The average molecular weight is 229 g/mol. The van der Waals surface area contributed by atoms with Gasteiger partial charge in [0.2, 0.25) is 0 Å². The van der Waals surface area contributed by atoms with E-state index >= 15 is 0 Å². The maximum Gasteiger partial charge on any atom is 0.0588 e. The smallest absolute Gasteiger partial charge is 0.0588 e. The van der Waals surface area contributed by atoms with Crippen molar-refractivity contribution in [1.82, 2.24) is 5.32 Å². The van der Waals surface area contributed by atoms with Gasteiger partial charge in [0, 0.05) is 19.8 Å². The zero-order valence-electron chi connectivity index (χ0n) is 10.8. The van der Waals surface area contributed by atoms with Crippen LogP contribution >= 0.6 is 0 Å². The van der Waals surface area contributed by atoms with Crippen molar-refractivity contribution in [3.05, 3.63) is 0 Å². The molecule has 1 saturated heterocycles. The maximum absolute atomic E-state index is 5.56. The summed E-state index contributed by atoms with van der Waals surface area (Å²) in [5.74, 6) is 0.646. The monoisotopic (exact) mass is 229 g/mol. The van der Waals surface area contributed by atoms with E-state index in [0.29, 0.717) is 12.0 Å². The van der Waals surface area contributed by atoms with E-state index < -0.39 is 0 Å². The van der Waals surface area contributed by atoms with Gasteiger partial charge in [-0.25, -0.2) is 0 Å². The van der Waals surface area contributed by atoms with Gasteiger partial charge in [-0.1, -0.05) is 13.8 Å². The Morgan fingerprint density at radius 1 is 1.38 bits per heavy atom. The van der Waals surface area contributed by atoms with Crippen LogP contribution in [0.15, 0.2) is 0 Å². The number of hydrogen-bond donors (Lipinski definition) is 1. The lowest BCUT2D eigenvalue weighted by Gasteiger charge is -2.10. The molecule has 0 aliphatic carbocycles. The van der Waals surface area contributed by atoms with Crippen LogP contribution in [0.1, 0.15) is 39.5 Å². The first-order chi connectivity index (χ1) is 7.79. The summed E-state index contributed by atoms with van der Waals surface area (Å²) in [6, 6.07) is 0. The molecule has 1 aliphatic heterocycles. The third-order valence-electron chi connectivity index (χ3n) is 2.76. The predicted octanol–water partition coefficient (Wildman–Crippen LogP) is 2.21. The molecule has 3 heteroatoms. The highest BCUT2D eigenvalue weighted by Crippen LogP contribution is 2.14. The molecule has 0 aromatic rings. The molecule has 0 radical (unpaired) electrons. The number of nitrogens with one attached hydrogen (secondary N) is 1. The molecule has 1 rings (SSSR count). The number of ether oxygens (including phenoxy) is 2. The van der Waals surface area contributed by atoms with Crippen LogP contribution in [-0.4, -0.2) is 39.0 Å². The first-order valence-corrected chi connectivity index (χ1v) is 6.69. The van der Waals surface area contributed by atoms with E-state index in [4.69, 9.17) is 9.47 Å². The fourth-order valence-electron chi connectivity index (χ4n) is 1.88. The van der Waals surface area contributed by atoms with Gasteiger partial charge in [-0.3, -0.25) is 0 Å². The van der Waals surface area contributed by atoms with Crippen molar-refractivity contribution in [2.24, 2.45) is 5.92 Å². The Labute approximate surface area is 99.9 Å². The summed E-state index contributed by atoms with van der Waals surface area (Å²) < 4.78 is 11.1. The molecule has 0 bridgehead atoms. The van der Waals surface area contributed by atoms with E-state index in [9.17, 15) is 0 Å². The van der Waals surface area contributed by atoms with Gasteiger partial charge in [0.05, 0.1) is 6.10 Å². The molecule has 96 valence electrons. The molecule has 1 fully saturated rings. The number of hydrogen-bond acceptors (Lipinski definition) is 3. The highest BCUT2D eigenvalue weighted by Gasteiger charge is 2.13. The Balaban J connectivity index is 1.74. The van der Waals surface area contributed by atoms with Crippen LogP contribution in [0.5, 0.6) is 0 Å². The Morgan fingerprint density at radius 3 is 2.94 bits per heavy atom. The lowest BCUT2D eigenvalue weighted by atomic mass is 10.2. The first-order valence-electron chi connectivity index (χ1n) is 6.69. The Hall–Kier alpha value is -0.120. The third kappa shape index (κ3) is 7.20. The van der Waals surface area contributed by atoms with E-state index in [-0.39, 0.29) is 0 Å². The minimum Gasteiger partial charge on any atom is -0.381 e. The molecule has 0 saturated carbocycles. The third-order valence-corrected chi connectivity index (χ3v) is 2.76. The Kier molecular flexibility index (Phi) is 7.81. The quantitative estimate of drug-likeness (QED) is 0.615. The maximum atomic E-state index is 5.56. The summed E-state index contributed by atoms with van der Waals surface area (Å²) in [5.41, 5.74) is 0. The highest BCUT2D eigenvalue weighted by molar-refractivity contribution is 4.65.